The number of benzene rings is 3. The highest BCUT2D eigenvalue weighted by atomic mass is 35.5. The molecule has 3 aromatic carbocycles. The Labute approximate surface area is 202 Å². The molecule has 1 amide bonds. The molecule has 33 heavy (non-hydrogen) atoms. The number of hydrogen-bond acceptors (Lipinski definition) is 3. The molecular weight excluding hydrogens is 457 g/mol. The van der Waals surface area contributed by atoms with E-state index in [0.717, 1.165) is 28.0 Å². The first kappa shape index (κ1) is 22.9. The number of nitrogens with one attached hydrogen (secondary N) is 1. The summed E-state index contributed by atoms with van der Waals surface area (Å²) in [4.78, 5) is 12.8. The van der Waals surface area contributed by atoms with Crippen LogP contribution >= 0.6 is 23.2 Å². The molecule has 0 spiro atoms. The second-order valence-electron chi connectivity index (χ2n) is 7.84. The molecule has 0 aliphatic heterocycles. The van der Waals surface area contributed by atoms with Crippen molar-refractivity contribution < 1.29 is 9.53 Å². The second-order valence-corrected chi connectivity index (χ2v) is 8.65. The fourth-order valence-corrected chi connectivity index (χ4v) is 3.91. The maximum absolute atomic E-state index is 12.8. The van der Waals surface area contributed by atoms with E-state index in [1.54, 1.807) is 41.3 Å². The zero-order chi connectivity index (χ0) is 23.4. The van der Waals surface area contributed by atoms with Gasteiger partial charge in [0.25, 0.3) is 5.91 Å². The Hall–Kier alpha value is -3.28. The minimum Gasteiger partial charge on any atom is -0.489 e. The van der Waals surface area contributed by atoms with Crippen LogP contribution in [0.1, 0.15) is 32.6 Å². The average Bonchev–Trinajstić information content (AvgIpc) is 3.24. The molecule has 0 saturated heterocycles. The first-order valence-corrected chi connectivity index (χ1v) is 11.2. The molecule has 0 unspecified atom stereocenters. The topological polar surface area (TPSA) is 56.1 Å². The lowest BCUT2D eigenvalue weighted by Crippen LogP contribution is -2.12. The van der Waals surface area contributed by atoms with Gasteiger partial charge in [0.05, 0.1) is 18.4 Å². The number of nitrogens with zero attached hydrogens (tertiary/aromatic N) is 2. The van der Waals surface area contributed by atoms with Crippen LogP contribution in [0.3, 0.4) is 0 Å². The maximum Gasteiger partial charge on any atom is 0.255 e. The quantitative estimate of drug-likeness (QED) is 0.321. The lowest BCUT2D eigenvalue weighted by molar-refractivity contribution is 0.102. The van der Waals surface area contributed by atoms with Gasteiger partial charge >= 0.3 is 0 Å². The number of hydrogen-bond donors (Lipinski definition) is 1. The summed E-state index contributed by atoms with van der Waals surface area (Å²) < 4.78 is 7.65. The van der Waals surface area contributed by atoms with Gasteiger partial charge in [-0.05, 0) is 60.9 Å². The molecule has 7 heteroatoms. The molecule has 4 aromatic rings. The Balaban J connectivity index is 1.40. The predicted octanol–water partition coefficient (Wildman–Crippen LogP) is 6.69. The summed E-state index contributed by atoms with van der Waals surface area (Å²) >= 11 is 12.5. The van der Waals surface area contributed by atoms with Gasteiger partial charge in [-0.2, -0.15) is 5.10 Å². The molecule has 1 N–H and O–H groups in total. The smallest absolute Gasteiger partial charge is 0.255 e. The van der Waals surface area contributed by atoms with Gasteiger partial charge in [0.2, 0.25) is 0 Å². The summed E-state index contributed by atoms with van der Waals surface area (Å²) in [6.07, 6.45) is 3.33. The highest BCUT2D eigenvalue weighted by Gasteiger charge is 2.11. The van der Waals surface area contributed by atoms with E-state index in [1.165, 1.54) is 0 Å². The van der Waals surface area contributed by atoms with Gasteiger partial charge in [-0.3, -0.25) is 9.48 Å². The summed E-state index contributed by atoms with van der Waals surface area (Å²) in [5.41, 5.74) is 5.02. The molecule has 5 nitrogen and oxygen atoms in total. The van der Waals surface area contributed by atoms with Gasteiger partial charge in [0.15, 0.2) is 0 Å². The van der Waals surface area contributed by atoms with Crippen molar-refractivity contribution in [2.75, 3.05) is 5.32 Å². The first-order valence-electron chi connectivity index (χ1n) is 10.4. The van der Waals surface area contributed by atoms with Crippen molar-refractivity contribution in [3.8, 4) is 5.75 Å². The third-order valence-corrected chi connectivity index (χ3v) is 5.91. The molecule has 4 rings (SSSR count). The summed E-state index contributed by atoms with van der Waals surface area (Å²) in [6.45, 7) is 4.82. The van der Waals surface area contributed by atoms with E-state index in [9.17, 15) is 4.79 Å². The van der Waals surface area contributed by atoms with Crippen LogP contribution in [0.15, 0.2) is 73.1 Å². The van der Waals surface area contributed by atoms with Crippen molar-refractivity contribution >= 4 is 34.8 Å². The summed E-state index contributed by atoms with van der Waals surface area (Å²) in [7, 11) is 0. The highest BCUT2D eigenvalue weighted by molar-refractivity contribution is 6.35. The van der Waals surface area contributed by atoms with E-state index in [4.69, 9.17) is 27.9 Å². The number of anilines is 1. The normalized spacial score (nSPS) is 10.8. The molecule has 0 saturated carbocycles. The largest absolute Gasteiger partial charge is 0.489 e. The van der Waals surface area contributed by atoms with E-state index in [1.807, 2.05) is 44.2 Å². The van der Waals surface area contributed by atoms with Crippen LogP contribution in [-0.2, 0) is 13.2 Å². The lowest BCUT2D eigenvalue weighted by atomic mass is 10.1. The van der Waals surface area contributed by atoms with Crippen molar-refractivity contribution in [3.63, 3.8) is 0 Å². The van der Waals surface area contributed by atoms with E-state index in [2.05, 4.69) is 16.5 Å². The first-order chi connectivity index (χ1) is 15.9. The van der Waals surface area contributed by atoms with E-state index in [0.29, 0.717) is 34.4 Å². The monoisotopic (exact) mass is 479 g/mol. The van der Waals surface area contributed by atoms with Crippen molar-refractivity contribution in [3.05, 3.63) is 111 Å². The van der Waals surface area contributed by atoms with Crippen LogP contribution in [0.5, 0.6) is 5.75 Å². The number of rotatable bonds is 7. The second kappa shape index (κ2) is 10.1. The molecule has 0 bridgehead atoms. The zero-order valence-electron chi connectivity index (χ0n) is 18.3. The number of carbonyl (C=O) groups excluding carboxylic acids is 1. The van der Waals surface area contributed by atoms with Crippen molar-refractivity contribution in [2.24, 2.45) is 0 Å². The van der Waals surface area contributed by atoms with Gasteiger partial charge in [0.1, 0.15) is 12.4 Å². The third kappa shape index (κ3) is 5.75. The molecule has 0 atom stereocenters. The van der Waals surface area contributed by atoms with Crippen molar-refractivity contribution in [2.45, 2.75) is 27.0 Å². The Morgan fingerprint density at radius 1 is 1.03 bits per heavy atom. The molecule has 1 aromatic heterocycles. The molecule has 1 heterocycles. The van der Waals surface area contributed by atoms with E-state index in [-0.39, 0.29) is 5.91 Å². The van der Waals surface area contributed by atoms with Gasteiger partial charge in [-0.25, -0.2) is 0 Å². The highest BCUT2D eigenvalue weighted by Crippen LogP contribution is 2.25. The van der Waals surface area contributed by atoms with Gasteiger partial charge in [0, 0.05) is 27.4 Å². The van der Waals surface area contributed by atoms with E-state index < -0.39 is 0 Å². The Morgan fingerprint density at radius 2 is 1.79 bits per heavy atom. The molecule has 168 valence electrons. The summed E-state index contributed by atoms with van der Waals surface area (Å²) in [5.74, 6) is 0.620. The number of amides is 1. The number of ether oxygens (including phenoxy) is 1. The van der Waals surface area contributed by atoms with Crippen LogP contribution in [0.4, 0.5) is 5.69 Å². The van der Waals surface area contributed by atoms with Crippen LogP contribution in [0.2, 0.25) is 10.0 Å². The average molecular weight is 480 g/mol. The Bertz CT molecular complexity index is 1280. The number of carbonyl (C=O) groups is 1. The minimum absolute atomic E-state index is 0.223. The van der Waals surface area contributed by atoms with Crippen molar-refractivity contribution in [1.82, 2.24) is 9.78 Å². The Kier molecular flexibility index (Phi) is 7.02. The van der Waals surface area contributed by atoms with Gasteiger partial charge < -0.3 is 10.1 Å². The van der Waals surface area contributed by atoms with Crippen molar-refractivity contribution in [1.29, 1.82) is 0 Å². The third-order valence-electron chi connectivity index (χ3n) is 5.20. The number of halogens is 2. The van der Waals surface area contributed by atoms with E-state index >= 15 is 0 Å². The van der Waals surface area contributed by atoms with Gasteiger partial charge in [-0.1, -0.05) is 53.5 Å². The maximum atomic E-state index is 12.8. The Morgan fingerprint density at radius 3 is 2.58 bits per heavy atom. The molecule has 0 aliphatic carbocycles. The van der Waals surface area contributed by atoms with Crippen LogP contribution in [0.25, 0.3) is 0 Å². The summed E-state index contributed by atoms with van der Waals surface area (Å²) in [6, 6.07) is 18.8. The van der Waals surface area contributed by atoms with Crippen LogP contribution < -0.4 is 10.1 Å². The fourth-order valence-electron chi connectivity index (χ4n) is 3.39. The standard InChI is InChI=1S/C26H23Cl2N3O2/c1-17-9-10-18(2)25(11-17)33-16-19-5-3-6-20(12-19)26(32)30-21-13-29-31(14-21)15-22-23(27)7-4-8-24(22)28/h3-14H,15-16H2,1-2H3,(H,30,32). The molecule has 0 radical (unpaired) electrons. The lowest BCUT2D eigenvalue weighted by Gasteiger charge is -2.11. The fraction of sp³-hybridized carbons (Fsp3) is 0.154. The zero-order valence-corrected chi connectivity index (χ0v) is 19.8. The summed E-state index contributed by atoms with van der Waals surface area (Å²) in [5, 5.41) is 8.33. The number of aromatic nitrogens is 2. The molecular formula is C26H23Cl2N3O2. The number of aryl methyl sites for hydroxylation is 2. The van der Waals surface area contributed by atoms with Crippen LogP contribution in [0, 0.1) is 13.8 Å². The molecule has 0 aliphatic rings. The minimum atomic E-state index is -0.223. The predicted molar refractivity (Wildman–Crippen MR) is 132 cm³/mol. The van der Waals surface area contributed by atoms with Gasteiger partial charge in [-0.15, -0.1) is 0 Å². The molecule has 0 fully saturated rings. The SMILES string of the molecule is Cc1ccc(C)c(OCc2cccc(C(=O)Nc3cnn(Cc4c(Cl)cccc4Cl)c3)c2)c1. The van der Waals surface area contributed by atoms with Crippen LogP contribution in [-0.4, -0.2) is 15.7 Å².